The van der Waals surface area contributed by atoms with E-state index in [1.807, 2.05) is 13.8 Å². The molecule has 8 heteroatoms. The summed E-state index contributed by atoms with van der Waals surface area (Å²) in [5.74, 6) is 0.149. The molecule has 0 bridgehead atoms. The summed E-state index contributed by atoms with van der Waals surface area (Å²) in [6.07, 6.45) is 0.635. The first-order valence-electron chi connectivity index (χ1n) is 6.64. The highest BCUT2D eigenvalue weighted by atomic mass is 35.5. The zero-order valence-electron chi connectivity index (χ0n) is 12.2. The average molecular weight is 342 g/mol. The fourth-order valence-electron chi connectivity index (χ4n) is 1.63. The van der Waals surface area contributed by atoms with Crippen molar-refractivity contribution in [2.24, 2.45) is 0 Å². The van der Waals surface area contributed by atoms with Crippen LogP contribution < -0.4 is 10.5 Å². The van der Waals surface area contributed by atoms with E-state index in [1.165, 1.54) is 24.3 Å². The van der Waals surface area contributed by atoms with Crippen LogP contribution in [0.2, 0.25) is 5.02 Å². The van der Waals surface area contributed by atoms with Crippen molar-refractivity contribution in [2.75, 3.05) is 5.73 Å². The highest BCUT2D eigenvalue weighted by Gasteiger charge is 2.23. The molecular weight excluding hydrogens is 326 g/mol. The van der Waals surface area contributed by atoms with Gasteiger partial charge in [-0.25, -0.2) is 13.4 Å². The number of nitrogens with zero attached hydrogens (tertiary/aromatic N) is 2. The van der Waals surface area contributed by atoms with Gasteiger partial charge in [0.15, 0.2) is 0 Å². The highest BCUT2D eigenvalue weighted by Crippen LogP contribution is 2.24. The van der Waals surface area contributed by atoms with Crippen LogP contribution >= 0.6 is 11.6 Å². The maximum Gasteiger partial charge on any atom is 0.257 e. The van der Waals surface area contributed by atoms with Gasteiger partial charge in [-0.3, -0.25) is 0 Å². The molecule has 0 aliphatic heterocycles. The number of rotatable bonds is 5. The standard InChI is InChI=1S/C14H16ClN3O3S/c1-3-9(2)21-13-8-12(16)17-14(18-13)22(19,20)11-6-4-5-10(15)7-11/h4-9H,3H2,1-2H3,(H2,16,17,18). The molecule has 2 rings (SSSR count). The Labute approximate surface area is 134 Å². The molecule has 0 saturated heterocycles. The van der Waals surface area contributed by atoms with Crippen molar-refractivity contribution in [2.45, 2.75) is 36.4 Å². The van der Waals surface area contributed by atoms with E-state index >= 15 is 0 Å². The Morgan fingerprint density at radius 3 is 2.68 bits per heavy atom. The molecule has 0 fully saturated rings. The van der Waals surface area contributed by atoms with Crippen molar-refractivity contribution in [1.29, 1.82) is 0 Å². The molecule has 2 N–H and O–H groups in total. The monoisotopic (exact) mass is 341 g/mol. The Morgan fingerprint density at radius 1 is 1.32 bits per heavy atom. The lowest BCUT2D eigenvalue weighted by Crippen LogP contribution is -2.14. The summed E-state index contributed by atoms with van der Waals surface area (Å²) in [5.41, 5.74) is 5.66. The minimum absolute atomic E-state index is 0.0000833. The van der Waals surface area contributed by atoms with Gasteiger partial charge in [0.25, 0.3) is 5.16 Å². The Morgan fingerprint density at radius 2 is 2.05 bits per heavy atom. The third-order valence-corrected chi connectivity index (χ3v) is 4.72. The van der Waals surface area contributed by atoms with Gasteiger partial charge in [-0.2, -0.15) is 4.98 Å². The molecule has 22 heavy (non-hydrogen) atoms. The molecule has 118 valence electrons. The third-order valence-electron chi connectivity index (χ3n) is 2.95. The second-order valence-corrected chi connectivity index (χ2v) is 6.99. The van der Waals surface area contributed by atoms with Crippen LogP contribution in [-0.2, 0) is 9.84 Å². The lowest BCUT2D eigenvalue weighted by Gasteiger charge is -2.12. The molecule has 1 heterocycles. The number of anilines is 1. The predicted octanol–water partition coefficient (Wildman–Crippen LogP) is 2.72. The topological polar surface area (TPSA) is 95.2 Å². The molecule has 2 aromatic rings. The van der Waals surface area contributed by atoms with Crippen molar-refractivity contribution >= 4 is 27.3 Å². The number of nitrogens with two attached hydrogens (primary N) is 1. The summed E-state index contributed by atoms with van der Waals surface area (Å²) >= 11 is 5.83. The van der Waals surface area contributed by atoms with Crippen LogP contribution in [0.25, 0.3) is 0 Å². The predicted molar refractivity (Wildman–Crippen MR) is 83.7 cm³/mol. The summed E-state index contributed by atoms with van der Waals surface area (Å²) in [7, 11) is -3.92. The van der Waals surface area contributed by atoms with Crippen LogP contribution in [0.15, 0.2) is 40.4 Å². The highest BCUT2D eigenvalue weighted by molar-refractivity contribution is 7.91. The van der Waals surface area contributed by atoms with Gasteiger partial charge in [-0.05, 0) is 31.5 Å². The van der Waals surface area contributed by atoms with Crippen LogP contribution in [0.3, 0.4) is 0 Å². The second kappa shape index (κ2) is 6.50. The number of aromatic nitrogens is 2. The second-order valence-electron chi connectivity index (χ2n) is 4.71. The zero-order chi connectivity index (χ0) is 16.3. The van der Waals surface area contributed by atoms with E-state index in [0.717, 1.165) is 6.42 Å². The van der Waals surface area contributed by atoms with E-state index in [4.69, 9.17) is 22.1 Å². The Kier molecular flexibility index (Phi) is 4.87. The molecule has 1 aromatic carbocycles. The maximum absolute atomic E-state index is 12.6. The molecule has 1 unspecified atom stereocenters. The lowest BCUT2D eigenvalue weighted by molar-refractivity contribution is 0.206. The Bertz CT molecular complexity index is 781. The summed E-state index contributed by atoms with van der Waals surface area (Å²) in [4.78, 5) is 7.76. The smallest absolute Gasteiger partial charge is 0.257 e. The molecule has 0 radical (unpaired) electrons. The first kappa shape index (κ1) is 16.5. The van der Waals surface area contributed by atoms with Gasteiger partial charge in [-0.1, -0.05) is 24.6 Å². The van der Waals surface area contributed by atoms with Gasteiger partial charge in [0.05, 0.1) is 11.0 Å². The molecule has 0 aliphatic carbocycles. The number of halogens is 1. The normalized spacial score (nSPS) is 12.9. The van der Waals surface area contributed by atoms with Crippen molar-refractivity contribution in [3.63, 3.8) is 0 Å². The average Bonchev–Trinajstić information content (AvgIpc) is 2.46. The molecule has 1 atom stereocenters. The van der Waals surface area contributed by atoms with Crippen LogP contribution in [0, 0.1) is 0 Å². The zero-order valence-corrected chi connectivity index (χ0v) is 13.7. The van der Waals surface area contributed by atoms with E-state index in [9.17, 15) is 8.42 Å². The molecule has 0 saturated carbocycles. The number of ether oxygens (including phenoxy) is 1. The summed E-state index contributed by atoms with van der Waals surface area (Å²) in [5, 5.41) is -0.103. The van der Waals surface area contributed by atoms with E-state index in [0.29, 0.717) is 5.02 Å². The molecule has 0 spiro atoms. The molecule has 6 nitrogen and oxygen atoms in total. The Balaban J connectivity index is 2.47. The summed E-state index contributed by atoms with van der Waals surface area (Å²) in [6.45, 7) is 3.79. The summed E-state index contributed by atoms with van der Waals surface area (Å²) in [6, 6.07) is 7.26. The first-order valence-corrected chi connectivity index (χ1v) is 8.51. The van der Waals surface area contributed by atoms with E-state index in [1.54, 1.807) is 6.07 Å². The van der Waals surface area contributed by atoms with Gasteiger partial charge < -0.3 is 10.5 Å². The van der Waals surface area contributed by atoms with Crippen LogP contribution in [-0.4, -0.2) is 24.5 Å². The van der Waals surface area contributed by atoms with E-state index in [-0.39, 0.29) is 22.7 Å². The van der Waals surface area contributed by atoms with Crippen LogP contribution in [0.1, 0.15) is 20.3 Å². The molecule has 0 aliphatic rings. The fraction of sp³-hybridized carbons (Fsp3) is 0.286. The van der Waals surface area contributed by atoms with Gasteiger partial charge in [0, 0.05) is 11.1 Å². The van der Waals surface area contributed by atoms with Gasteiger partial charge in [-0.15, -0.1) is 0 Å². The number of hydrogen-bond acceptors (Lipinski definition) is 6. The van der Waals surface area contributed by atoms with Crippen molar-refractivity contribution in [3.05, 3.63) is 35.4 Å². The van der Waals surface area contributed by atoms with Gasteiger partial charge in [0.2, 0.25) is 15.7 Å². The summed E-state index contributed by atoms with van der Waals surface area (Å²) < 4.78 is 30.6. The van der Waals surface area contributed by atoms with E-state index in [2.05, 4.69) is 9.97 Å². The van der Waals surface area contributed by atoms with Crippen molar-refractivity contribution < 1.29 is 13.2 Å². The molecule has 0 amide bonds. The Hall–Kier alpha value is -1.86. The SMILES string of the molecule is CCC(C)Oc1cc(N)nc(S(=O)(=O)c2cccc(Cl)c2)n1. The fourth-order valence-corrected chi connectivity index (χ4v) is 3.07. The molecular formula is C14H16ClN3O3S. The number of benzene rings is 1. The minimum atomic E-state index is -3.92. The first-order chi connectivity index (χ1) is 10.3. The van der Waals surface area contributed by atoms with Gasteiger partial charge in [0.1, 0.15) is 5.82 Å². The van der Waals surface area contributed by atoms with E-state index < -0.39 is 15.0 Å². The van der Waals surface area contributed by atoms with Crippen LogP contribution in [0.4, 0.5) is 5.82 Å². The number of nitrogen functional groups attached to an aromatic ring is 1. The molecule has 1 aromatic heterocycles. The largest absolute Gasteiger partial charge is 0.475 e. The maximum atomic E-state index is 12.6. The van der Waals surface area contributed by atoms with Crippen molar-refractivity contribution in [1.82, 2.24) is 9.97 Å². The lowest BCUT2D eigenvalue weighted by atomic mass is 10.3. The number of sulfone groups is 1. The van der Waals surface area contributed by atoms with Crippen molar-refractivity contribution in [3.8, 4) is 5.88 Å². The quantitative estimate of drug-likeness (QED) is 0.840. The minimum Gasteiger partial charge on any atom is -0.475 e. The third kappa shape index (κ3) is 3.66. The van der Waals surface area contributed by atoms with Gasteiger partial charge >= 0.3 is 0 Å². The number of hydrogen-bond donors (Lipinski definition) is 1. The van der Waals surface area contributed by atoms with Crippen LogP contribution in [0.5, 0.6) is 5.88 Å².